The van der Waals surface area contributed by atoms with Gasteiger partial charge in [-0.1, -0.05) is 13.8 Å². The van der Waals surface area contributed by atoms with Gasteiger partial charge in [0.1, 0.15) is 0 Å². The molecule has 0 fully saturated rings. The molecule has 5 heteroatoms. The van der Waals surface area contributed by atoms with Crippen LogP contribution in [0.1, 0.15) is 45.1 Å². The number of nitrogens with zero attached hydrogens (tertiary/aromatic N) is 4. The van der Waals surface area contributed by atoms with Crippen molar-refractivity contribution in [3.8, 4) is 0 Å². The second-order valence-corrected chi connectivity index (χ2v) is 5.88. The van der Waals surface area contributed by atoms with Crippen LogP contribution in [0.25, 0.3) is 0 Å². The molecule has 0 saturated carbocycles. The van der Waals surface area contributed by atoms with E-state index in [0.29, 0.717) is 12.0 Å². The monoisotopic (exact) mass is 275 g/mol. The molecule has 2 rings (SSSR count). The fraction of sp³-hybridized carbons (Fsp3) is 0.600. The van der Waals surface area contributed by atoms with E-state index in [1.54, 1.807) is 0 Å². The summed E-state index contributed by atoms with van der Waals surface area (Å²) in [6.07, 6.45) is 3.90. The Bertz CT molecular complexity index is 524. The molecule has 2 aromatic heterocycles. The van der Waals surface area contributed by atoms with Gasteiger partial charge in [-0.15, -0.1) is 0 Å². The van der Waals surface area contributed by atoms with E-state index in [2.05, 4.69) is 60.0 Å². The molecule has 2 aromatic rings. The molecule has 0 aliphatic rings. The molecule has 0 aliphatic carbocycles. The van der Waals surface area contributed by atoms with E-state index in [4.69, 9.17) is 0 Å². The van der Waals surface area contributed by atoms with Crippen molar-refractivity contribution in [3.05, 3.63) is 35.9 Å². The van der Waals surface area contributed by atoms with E-state index in [0.717, 1.165) is 25.3 Å². The van der Waals surface area contributed by atoms with Crippen LogP contribution in [0.5, 0.6) is 0 Å². The number of hydrogen-bond acceptors (Lipinski definition) is 3. The summed E-state index contributed by atoms with van der Waals surface area (Å²) in [6, 6.07) is 4.55. The van der Waals surface area contributed by atoms with Crippen LogP contribution in [0.3, 0.4) is 0 Å². The summed E-state index contributed by atoms with van der Waals surface area (Å²) in [5, 5.41) is 12.3. The van der Waals surface area contributed by atoms with E-state index in [1.165, 1.54) is 5.69 Å². The maximum Gasteiger partial charge on any atom is 0.0762 e. The van der Waals surface area contributed by atoms with Crippen molar-refractivity contribution in [1.29, 1.82) is 0 Å². The Labute approximate surface area is 121 Å². The zero-order chi connectivity index (χ0) is 14.5. The predicted molar refractivity (Wildman–Crippen MR) is 80.2 cm³/mol. The number of rotatable bonds is 7. The van der Waals surface area contributed by atoms with E-state index >= 15 is 0 Å². The predicted octanol–water partition coefficient (Wildman–Crippen LogP) is 2.61. The zero-order valence-electron chi connectivity index (χ0n) is 12.9. The van der Waals surface area contributed by atoms with Crippen LogP contribution in [-0.4, -0.2) is 19.6 Å². The average molecular weight is 275 g/mol. The van der Waals surface area contributed by atoms with Crippen LogP contribution in [0.4, 0.5) is 0 Å². The summed E-state index contributed by atoms with van der Waals surface area (Å²) in [6.45, 7) is 11.2. The molecule has 20 heavy (non-hydrogen) atoms. The fourth-order valence-electron chi connectivity index (χ4n) is 2.10. The highest BCUT2D eigenvalue weighted by Crippen LogP contribution is 2.06. The van der Waals surface area contributed by atoms with Crippen LogP contribution >= 0.6 is 0 Å². The molecular formula is C15H25N5. The smallest absolute Gasteiger partial charge is 0.0762 e. The van der Waals surface area contributed by atoms with Gasteiger partial charge in [0.05, 0.1) is 11.4 Å². The zero-order valence-corrected chi connectivity index (χ0v) is 12.9. The standard InChI is InChI=1S/C15H25N5/c1-12(2)11-20-15(5-7-17-20)10-16-9-14-6-8-19(18-14)13(3)4/h5-8,12-13,16H,9-11H2,1-4H3. The lowest BCUT2D eigenvalue weighted by Gasteiger charge is -2.10. The van der Waals surface area contributed by atoms with E-state index in [9.17, 15) is 0 Å². The van der Waals surface area contributed by atoms with Crippen molar-refractivity contribution >= 4 is 0 Å². The molecule has 0 amide bonds. The molecule has 0 aliphatic heterocycles. The first-order chi connectivity index (χ1) is 9.56. The summed E-state index contributed by atoms with van der Waals surface area (Å²) in [7, 11) is 0. The van der Waals surface area contributed by atoms with Crippen LogP contribution in [-0.2, 0) is 19.6 Å². The molecule has 5 nitrogen and oxygen atoms in total. The van der Waals surface area contributed by atoms with E-state index in [-0.39, 0.29) is 0 Å². The highest BCUT2D eigenvalue weighted by atomic mass is 15.3. The molecule has 0 saturated heterocycles. The Morgan fingerprint density at radius 2 is 1.95 bits per heavy atom. The molecule has 0 aromatic carbocycles. The summed E-state index contributed by atoms with van der Waals surface area (Å²) >= 11 is 0. The minimum absolute atomic E-state index is 0.413. The van der Waals surface area contributed by atoms with Gasteiger partial charge in [-0.25, -0.2) is 0 Å². The molecule has 0 atom stereocenters. The lowest BCUT2D eigenvalue weighted by Crippen LogP contribution is -2.18. The normalized spacial score (nSPS) is 11.7. The van der Waals surface area contributed by atoms with Crippen molar-refractivity contribution < 1.29 is 0 Å². The average Bonchev–Trinajstić information content (AvgIpc) is 2.99. The third kappa shape index (κ3) is 3.93. The van der Waals surface area contributed by atoms with Gasteiger partial charge in [-0.3, -0.25) is 9.36 Å². The minimum Gasteiger partial charge on any atom is -0.305 e. The minimum atomic E-state index is 0.413. The molecule has 0 spiro atoms. The largest absolute Gasteiger partial charge is 0.305 e. The second-order valence-electron chi connectivity index (χ2n) is 5.88. The molecule has 0 radical (unpaired) electrons. The summed E-state index contributed by atoms with van der Waals surface area (Å²) in [5.41, 5.74) is 2.30. The van der Waals surface area contributed by atoms with Crippen molar-refractivity contribution in [2.75, 3.05) is 0 Å². The van der Waals surface area contributed by atoms with Crippen molar-refractivity contribution in [2.45, 2.75) is 53.4 Å². The molecular weight excluding hydrogens is 250 g/mol. The quantitative estimate of drug-likeness (QED) is 0.845. The maximum absolute atomic E-state index is 4.53. The van der Waals surface area contributed by atoms with Crippen molar-refractivity contribution in [3.63, 3.8) is 0 Å². The van der Waals surface area contributed by atoms with Gasteiger partial charge in [0, 0.05) is 38.1 Å². The van der Waals surface area contributed by atoms with Gasteiger partial charge in [0.15, 0.2) is 0 Å². The Kier molecular flexibility index (Phi) is 4.95. The van der Waals surface area contributed by atoms with Crippen LogP contribution in [0.15, 0.2) is 24.5 Å². The van der Waals surface area contributed by atoms with Crippen molar-refractivity contribution in [1.82, 2.24) is 24.9 Å². The van der Waals surface area contributed by atoms with Crippen LogP contribution in [0.2, 0.25) is 0 Å². The number of hydrogen-bond donors (Lipinski definition) is 1. The van der Waals surface area contributed by atoms with Crippen LogP contribution < -0.4 is 5.32 Å². The summed E-state index contributed by atoms with van der Waals surface area (Å²) in [5.74, 6) is 0.607. The Morgan fingerprint density at radius 3 is 2.60 bits per heavy atom. The van der Waals surface area contributed by atoms with Gasteiger partial charge in [0.25, 0.3) is 0 Å². The topological polar surface area (TPSA) is 47.7 Å². The van der Waals surface area contributed by atoms with Gasteiger partial charge in [-0.05, 0) is 31.9 Å². The Hall–Kier alpha value is -1.62. The molecule has 2 heterocycles. The highest BCUT2D eigenvalue weighted by Gasteiger charge is 2.05. The Balaban J connectivity index is 1.84. The highest BCUT2D eigenvalue weighted by molar-refractivity contribution is 5.02. The number of aromatic nitrogens is 4. The van der Waals surface area contributed by atoms with Gasteiger partial charge in [-0.2, -0.15) is 10.2 Å². The maximum atomic E-state index is 4.53. The number of nitrogens with one attached hydrogen (secondary N) is 1. The lowest BCUT2D eigenvalue weighted by molar-refractivity contribution is 0.460. The molecule has 110 valence electrons. The first kappa shape index (κ1) is 14.8. The van der Waals surface area contributed by atoms with Crippen LogP contribution in [0, 0.1) is 5.92 Å². The van der Waals surface area contributed by atoms with Gasteiger partial charge < -0.3 is 5.32 Å². The third-order valence-corrected chi connectivity index (χ3v) is 3.15. The van der Waals surface area contributed by atoms with E-state index < -0.39 is 0 Å². The summed E-state index contributed by atoms with van der Waals surface area (Å²) < 4.78 is 4.06. The van der Waals surface area contributed by atoms with Gasteiger partial charge in [0.2, 0.25) is 0 Å². The van der Waals surface area contributed by atoms with Gasteiger partial charge >= 0.3 is 0 Å². The van der Waals surface area contributed by atoms with Crippen molar-refractivity contribution in [2.24, 2.45) is 5.92 Å². The Morgan fingerprint density at radius 1 is 1.15 bits per heavy atom. The summed E-state index contributed by atoms with van der Waals surface area (Å²) in [4.78, 5) is 0. The lowest BCUT2D eigenvalue weighted by atomic mass is 10.2. The second kappa shape index (κ2) is 6.70. The molecule has 0 bridgehead atoms. The first-order valence-corrected chi connectivity index (χ1v) is 7.31. The SMILES string of the molecule is CC(C)Cn1nccc1CNCc1ccn(C(C)C)n1. The molecule has 0 unspecified atom stereocenters. The fourth-order valence-corrected chi connectivity index (χ4v) is 2.10. The molecule has 1 N–H and O–H groups in total. The third-order valence-electron chi connectivity index (χ3n) is 3.15. The first-order valence-electron chi connectivity index (χ1n) is 7.31. The van der Waals surface area contributed by atoms with E-state index in [1.807, 2.05) is 17.1 Å².